The Labute approximate surface area is 245 Å². The summed E-state index contributed by atoms with van der Waals surface area (Å²) in [5.41, 5.74) is 13.8. The van der Waals surface area contributed by atoms with Crippen molar-refractivity contribution >= 4 is 25.1 Å². The average molecular weight is 600 g/mol. The predicted molar refractivity (Wildman–Crippen MR) is 173 cm³/mol. The second kappa shape index (κ2) is 15.2. The van der Waals surface area contributed by atoms with E-state index in [9.17, 15) is 0 Å². The first-order valence-corrected chi connectivity index (χ1v) is 24.5. The van der Waals surface area contributed by atoms with E-state index in [0.717, 1.165) is 62.7 Å². The minimum absolute atomic E-state index is 0.288. The highest BCUT2D eigenvalue weighted by atomic mass is 28.4. The van der Waals surface area contributed by atoms with Gasteiger partial charge in [0.2, 0.25) is 0 Å². The van der Waals surface area contributed by atoms with Crippen LogP contribution in [-0.2, 0) is 13.3 Å². The summed E-state index contributed by atoms with van der Waals surface area (Å²) in [6.45, 7) is 20.7. The summed E-state index contributed by atoms with van der Waals surface area (Å²) in [6.07, 6.45) is 14.2. The van der Waals surface area contributed by atoms with Crippen LogP contribution in [0.15, 0.2) is 0 Å². The van der Waals surface area contributed by atoms with E-state index in [1.165, 1.54) is 76.7 Å². The number of nitrogens with zero attached hydrogens (tertiary/aromatic N) is 1. The van der Waals surface area contributed by atoms with Gasteiger partial charge >= 0.3 is 8.72 Å². The average Bonchev–Trinajstić information content (AvgIpc) is 3.52. The van der Waals surface area contributed by atoms with Gasteiger partial charge in [-0.2, -0.15) is 0 Å². The topological polar surface area (TPSA) is 83.0 Å². The molecule has 3 rings (SSSR count). The molecule has 2 saturated heterocycles. The highest BCUT2D eigenvalue weighted by molar-refractivity contribution is 6.96. The molecule has 0 radical (unpaired) electrons. The molecule has 0 bridgehead atoms. The van der Waals surface area contributed by atoms with E-state index in [0.29, 0.717) is 5.92 Å². The van der Waals surface area contributed by atoms with Crippen molar-refractivity contribution in [1.82, 2.24) is 4.57 Å². The van der Waals surface area contributed by atoms with E-state index in [2.05, 4.69) is 45.0 Å². The lowest BCUT2D eigenvalue weighted by atomic mass is 9.67. The van der Waals surface area contributed by atoms with E-state index >= 15 is 0 Å². The van der Waals surface area contributed by atoms with Crippen LogP contribution in [0.25, 0.3) is 0 Å². The summed E-state index contributed by atoms with van der Waals surface area (Å²) in [6, 6.07) is 2.50. The van der Waals surface area contributed by atoms with Gasteiger partial charge in [-0.15, -0.1) is 0 Å². The fourth-order valence-electron chi connectivity index (χ4n) is 9.08. The van der Waals surface area contributed by atoms with Crippen LogP contribution in [-0.4, -0.2) is 75.7 Å². The Balaban J connectivity index is 1.81. The van der Waals surface area contributed by atoms with Crippen LogP contribution in [0.3, 0.4) is 0 Å². The van der Waals surface area contributed by atoms with Crippen molar-refractivity contribution in [3.05, 3.63) is 0 Å². The Kier molecular flexibility index (Phi) is 13.2. The van der Waals surface area contributed by atoms with Crippen LogP contribution in [0.5, 0.6) is 0 Å². The smallest absolute Gasteiger partial charge is 0.417 e. The van der Waals surface area contributed by atoms with Gasteiger partial charge in [-0.05, 0) is 120 Å². The molecule has 39 heavy (non-hydrogen) atoms. The predicted octanol–water partition coefficient (Wildman–Crippen LogP) is 6.75. The van der Waals surface area contributed by atoms with Crippen molar-refractivity contribution in [1.29, 1.82) is 0 Å². The van der Waals surface area contributed by atoms with E-state index in [-0.39, 0.29) is 5.41 Å². The van der Waals surface area contributed by atoms with Gasteiger partial charge in [0.1, 0.15) is 0 Å². The van der Waals surface area contributed by atoms with Crippen molar-refractivity contribution in [2.24, 2.45) is 22.8 Å². The van der Waals surface area contributed by atoms with Crippen LogP contribution < -0.4 is 11.5 Å². The molecule has 5 unspecified atom stereocenters. The Morgan fingerprint density at radius 2 is 1.64 bits per heavy atom. The summed E-state index contributed by atoms with van der Waals surface area (Å²) in [5, 5.41) is 0.874. The van der Waals surface area contributed by atoms with Gasteiger partial charge in [0.15, 0.2) is 8.32 Å². The fourth-order valence-corrected chi connectivity index (χ4v) is 26.2. The second-order valence-corrected chi connectivity index (χ2v) is 27.5. The zero-order valence-corrected chi connectivity index (χ0v) is 29.7. The van der Waals surface area contributed by atoms with Crippen LogP contribution >= 0.6 is 0 Å². The maximum absolute atomic E-state index is 7.15. The highest BCUT2D eigenvalue weighted by Crippen LogP contribution is 2.55. The molecule has 0 aromatic carbocycles. The molecule has 0 spiro atoms. The minimum Gasteiger partial charge on any atom is -0.417 e. The van der Waals surface area contributed by atoms with Crippen LogP contribution in [0.4, 0.5) is 0 Å². The molecule has 230 valence electrons. The molecule has 5 atom stereocenters. The first-order chi connectivity index (χ1) is 18.6. The van der Waals surface area contributed by atoms with Gasteiger partial charge < -0.3 is 24.7 Å². The van der Waals surface area contributed by atoms with Crippen molar-refractivity contribution in [3.63, 3.8) is 0 Å². The Morgan fingerprint density at radius 3 is 2.26 bits per heavy atom. The summed E-state index contributed by atoms with van der Waals surface area (Å²) >= 11 is 0. The van der Waals surface area contributed by atoms with Crippen LogP contribution in [0, 0.1) is 11.3 Å². The van der Waals surface area contributed by atoms with Gasteiger partial charge in [0.25, 0.3) is 0 Å². The largest absolute Gasteiger partial charge is 0.427 e. The Hall–Kier alpha value is 0.411. The van der Waals surface area contributed by atoms with E-state index in [1.54, 1.807) is 0 Å². The van der Waals surface area contributed by atoms with Crippen LogP contribution in [0.1, 0.15) is 91.4 Å². The van der Waals surface area contributed by atoms with E-state index in [1.807, 2.05) is 0 Å². The Bertz CT molecular complexity index is 721. The molecular weight excluding hydrogens is 535 g/mol. The van der Waals surface area contributed by atoms with E-state index < -0.39 is 25.1 Å². The van der Waals surface area contributed by atoms with Gasteiger partial charge in [-0.1, -0.05) is 45.3 Å². The second-order valence-electron chi connectivity index (χ2n) is 14.1. The molecular formula is C30H65N3O3Si3. The molecule has 4 N–H and O–H groups in total. The SMILES string of the molecule is CCO[Si]1(C(CCCN2CCC[Si]2(OCC)OCC)CCC2(CN)CCCC(CN)C2)CCCC1[Si](C)(C)C. The summed E-state index contributed by atoms with van der Waals surface area (Å²) in [4.78, 5) is 0. The molecule has 9 heteroatoms. The molecule has 0 aromatic rings. The molecule has 1 saturated carbocycles. The van der Waals surface area contributed by atoms with Crippen molar-refractivity contribution < 1.29 is 13.3 Å². The number of hydrogen-bond acceptors (Lipinski definition) is 6. The third-order valence-corrected chi connectivity index (χ3v) is 26.5. The zero-order chi connectivity index (χ0) is 28.6. The number of rotatable bonds is 17. The fraction of sp³-hybridized carbons (Fsp3) is 1.00. The monoisotopic (exact) mass is 599 g/mol. The normalized spacial score (nSPS) is 32.6. The lowest BCUT2D eigenvalue weighted by molar-refractivity contribution is 0.129. The summed E-state index contributed by atoms with van der Waals surface area (Å²) < 4.78 is 22.6. The minimum atomic E-state index is -2.23. The first-order valence-electron chi connectivity index (χ1n) is 16.7. The van der Waals surface area contributed by atoms with Crippen molar-refractivity contribution in [2.45, 2.75) is 134 Å². The molecule has 0 aromatic heterocycles. The molecule has 1 aliphatic carbocycles. The number of hydrogen-bond donors (Lipinski definition) is 2. The summed E-state index contributed by atoms with van der Waals surface area (Å²) in [7, 11) is -5.45. The Morgan fingerprint density at radius 1 is 0.923 bits per heavy atom. The summed E-state index contributed by atoms with van der Waals surface area (Å²) in [5.74, 6) is 0.658. The lowest BCUT2D eigenvalue weighted by Crippen LogP contribution is -2.55. The third kappa shape index (κ3) is 8.08. The first kappa shape index (κ1) is 33.9. The number of nitrogens with two attached hydrogens (primary N) is 2. The third-order valence-electron chi connectivity index (χ3n) is 10.8. The standard InChI is InChI=1S/C30H65N3O3Si3/c1-7-34-38(22-12-16-29(38)37(4,5)6)28(17-19-30(26-32)18-10-14-27(24-30)25-31)15-11-20-33-21-13-23-39(33,35-8-2)36-9-3/h27-29H,7-26,31-32H2,1-6H3. The van der Waals surface area contributed by atoms with Crippen LogP contribution in [0.2, 0.25) is 42.4 Å². The maximum Gasteiger partial charge on any atom is 0.427 e. The maximum atomic E-state index is 7.15. The molecule has 2 aliphatic heterocycles. The van der Waals surface area contributed by atoms with Gasteiger partial charge in [-0.3, -0.25) is 4.57 Å². The molecule has 0 amide bonds. The highest BCUT2D eigenvalue weighted by Gasteiger charge is 2.56. The van der Waals surface area contributed by atoms with E-state index in [4.69, 9.17) is 24.7 Å². The van der Waals surface area contributed by atoms with Crippen molar-refractivity contribution in [3.8, 4) is 0 Å². The molecule has 3 fully saturated rings. The zero-order valence-electron chi connectivity index (χ0n) is 26.7. The molecule has 2 heterocycles. The molecule has 3 aliphatic rings. The van der Waals surface area contributed by atoms with Crippen molar-refractivity contribution in [2.75, 3.05) is 46.0 Å². The quantitative estimate of drug-likeness (QED) is 0.180. The van der Waals surface area contributed by atoms with Gasteiger partial charge in [0.05, 0.1) is 0 Å². The molecule has 6 nitrogen and oxygen atoms in total. The lowest BCUT2D eigenvalue weighted by Gasteiger charge is -2.47. The van der Waals surface area contributed by atoms with Gasteiger partial charge in [0, 0.05) is 33.9 Å². The van der Waals surface area contributed by atoms with Gasteiger partial charge in [-0.25, -0.2) is 0 Å².